The summed E-state index contributed by atoms with van der Waals surface area (Å²) in [4.78, 5) is 29.4. The molecule has 6 nitrogen and oxygen atoms in total. The van der Waals surface area contributed by atoms with E-state index < -0.39 is 52.8 Å². The van der Waals surface area contributed by atoms with Crippen LogP contribution in [0.5, 0.6) is 11.5 Å². The van der Waals surface area contributed by atoms with Crippen molar-refractivity contribution >= 4 is 28.5 Å². The molecule has 1 aliphatic rings. The van der Waals surface area contributed by atoms with Crippen molar-refractivity contribution in [2.75, 3.05) is 4.90 Å². The highest BCUT2D eigenvalue weighted by atomic mass is 19.2. The summed E-state index contributed by atoms with van der Waals surface area (Å²) >= 11 is 0. The van der Waals surface area contributed by atoms with Gasteiger partial charge in [0.1, 0.15) is 11.8 Å². The summed E-state index contributed by atoms with van der Waals surface area (Å²) in [6, 6.07) is 10.7. The lowest BCUT2D eigenvalue weighted by Gasteiger charge is -2.14. The van der Waals surface area contributed by atoms with E-state index in [1.807, 2.05) is 24.3 Å². The monoisotopic (exact) mass is 487 g/mol. The first-order valence-electron chi connectivity index (χ1n) is 10.2. The highest BCUT2D eigenvalue weighted by Crippen LogP contribution is 2.34. The average molecular weight is 487 g/mol. The van der Waals surface area contributed by atoms with Gasteiger partial charge in [0.05, 0.1) is 5.69 Å². The molecule has 1 aromatic heterocycles. The zero-order valence-corrected chi connectivity index (χ0v) is 17.5. The number of H-pyrrole nitrogens is 1. The van der Waals surface area contributed by atoms with Crippen LogP contribution in [-0.4, -0.2) is 23.0 Å². The largest absolute Gasteiger partial charge is 0.451 e. The second-order valence-electron chi connectivity index (χ2n) is 7.73. The summed E-state index contributed by atoms with van der Waals surface area (Å²) < 4.78 is 72.5. The van der Waals surface area contributed by atoms with E-state index in [2.05, 4.69) is 10.3 Å². The molecule has 1 atom stereocenters. The van der Waals surface area contributed by atoms with Gasteiger partial charge < -0.3 is 15.0 Å². The van der Waals surface area contributed by atoms with Gasteiger partial charge in [0.25, 0.3) is 5.91 Å². The number of urea groups is 1. The molecule has 0 radical (unpaired) electrons. The van der Waals surface area contributed by atoms with Crippen molar-refractivity contribution < 1.29 is 36.3 Å². The van der Waals surface area contributed by atoms with Gasteiger partial charge in [0, 0.05) is 23.5 Å². The number of anilines is 1. The number of halogens is 5. The molecule has 4 aromatic rings. The third-order valence-corrected chi connectivity index (χ3v) is 5.60. The number of imide groups is 1. The van der Waals surface area contributed by atoms with Gasteiger partial charge in [-0.2, -0.15) is 8.78 Å². The molecule has 5 rings (SSSR count). The molecule has 0 saturated carbocycles. The number of aromatic nitrogens is 1. The minimum atomic E-state index is -2.30. The standard InChI is InChI=1S/C24H14F5N3O3/c25-17-18(26)20(28)22(21(29)19(17)27)35-13-7-5-12(6-8-13)32-23(33)16(31-24(32)34)9-11-10-30-15-4-2-1-3-14(11)15/h1-8,10,16,30H,9H2,(H,31,34)/t16-/m0/s1. The number of carbonyl (C=O) groups excluding carboxylic acids is 2. The molecule has 0 aliphatic carbocycles. The fourth-order valence-electron chi connectivity index (χ4n) is 3.89. The number of nitrogens with zero attached hydrogens (tertiary/aromatic N) is 1. The SMILES string of the molecule is O=C1N[C@@H](Cc2c[nH]c3ccccc23)C(=O)N1c1ccc(Oc2c(F)c(F)c(F)c(F)c2F)cc1. The Balaban J connectivity index is 1.35. The molecular weight excluding hydrogens is 473 g/mol. The first-order chi connectivity index (χ1) is 16.8. The number of benzene rings is 3. The van der Waals surface area contributed by atoms with Gasteiger partial charge in [0.2, 0.25) is 34.8 Å². The quantitative estimate of drug-likeness (QED) is 0.173. The molecule has 35 heavy (non-hydrogen) atoms. The second kappa shape index (κ2) is 8.42. The molecule has 3 aromatic carbocycles. The molecule has 1 saturated heterocycles. The molecule has 0 bridgehead atoms. The van der Waals surface area contributed by atoms with Crippen LogP contribution in [0.1, 0.15) is 5.56 Å². The van der Waals surface area contributed by atoms with E-state index in [1.165, 1.54) is 12.1 Å². The summed E-state index contributed by atoms with van der Waals surface area (Å²) in [6.07, 6.45) is 2.00. The fraction of sp³-hybridized carbons (Fsp3) is 0.0833. The highest BCUT2D eigenvalue weighted by Gasteiger charge is 2.39. The second-order valence-corrected chi connectivity index (χ2v) is 7.73. The van der Waals surface area contributed by atoms with Crippen LogP contribution in [0, 0.1) is 29.1 Å². The predicted octanol–water partition coefficient (Wildman–Crippen LogP) is 5.32. The Bertz CT molecular complexity index is 1460. The van der Waals surface area contributed by atoms with Gasteiger partial charge >= 0.3 is 6.03 Å². The van der Waals surface area contributed by atoms with Crippen LogP contribution in [0.2, 0.25) is 0 Å². The van der Waals surface area contributed by atoms with E-state index >= 15 is 0 Å². The first kappa shape index (κ1) is 22.4. The maximum absolute atomic E-state index is 13.9. The zero-order chi connectivity index (χ0) is 24.9. The van der Waals surface area contributed by atoms with Crippen LogP contribution in [0.4, 0.5) is 32.4 Å². The molecule has 1 fully saturated rings. The number of ether oxygens (including phenoxy) is 1. The summed E-state index contributed by atoms with van der Waals surface area (Å²) in [7, 11) is 0. The normalized spacial score (nSPS) is 15.7. The van der Waals surface area contributed by atoms with Gasteiger partial charge in [-0.15, -0.1) is 0 Å². The van der Waals surface area contributed by atoms with E-state index in [0.29, 0.717) is 0 Å². The lowest BCUT2D eigenvalue weighted by molar-refractivity contribution is -0.118. The lowest BCUT2D eigenvalue weighted by atomic mass is 10.0. The Morgan fingerprint density at radius 2 is 1.46 bits per heavy atom. The van der Waals surface area contributed by atoms with Gasteiger partial charge in [0.15, 0.2) is 0 Å². The Hall–Kier alpha value is -4.41. The van der Waals surface area contributed by atoms with E-state index in [0.717, 1.165) is 33.5 Å². The molecule has 0 spiro atoms. The van der Waals surface area contributed by atoms with Crippen molar-refractivity contribution in [2.45, 2.75) is 12.5 Å². The van der Waals surface area contributed by atoms with Crippen molar-refractivity contribution in [3.05, 3.63) is 89.4 Å². The molecular formula is C24H14F5N3O3. The van der Waals surface area contributed by atoms with Gasteiger partial charge in [-0.25, -0.2) is 22.9 Å². The molecule has 1 aliphatic heterocycles. The van der Waals surface area contributed by atoms with Crippen molar-refractivity contribution in [3.8, 4) is 11.5 Å². The highest BCUT2D eigenvalue weighted by molar-refractivity contribution is 6.21. The Morgan fingerprint density at radius 3 is 2.14 bits per heavy atom. The predicted molar refractivity (Wildman–Crippen MR) is 115 cm³/mol. The third-order valence-electron chi connectivity index (χ3n) is 5.60. The third kappa shape index (κ3) is 3.74. The van der Waals surface area contributed by atoms with E-state index in [9.17, 15) is 31.5 Å². The fourth-order valence-corrected chi connectivity index (χ4v) is 3.89. The number of hydrogen-bond donors (Lipinski definition) is 2. The number of rotatable bonds is 5. The maximum atomic E-state index is 13.9. The van der Waals surface area contributed by atoms with Crippen molar-refractivity contribution in [3.63, 3.8) is 0 Å². The van der Waals surface area contributed by atoms with Crippen LogP contribution in [-0.2, 0) is 11.2 Å². The molecule has 11 heteroatoms. The van der Waals surface area contributed by atoms with Crippen LogP contribution in [0.15, 0.2) is 54.7 Å². The summed E-state index contributed by atoms with van der Waals surface area (Å²) in [6.45, 7) is 0. The minimum absolute atomic E-state index is 0.124. The van der Waals surface area contributed by atoms with Crippen LogP contribution >= 0.6 is 0 Å². The summed E-state index contributed by atoms with van der Waals surface area (Å²) in [5, 5.41) is 3.54. The maximum Gasteiger partial charge on any atom is 0.329 e. The van der Waals surface area contributed by atoms with Crippen molar-refractivity contribution in [2.24, 2.45) is 0 Å². The van der Waals surface area contributed by atoms with E-state index in [1.54, 1.807) is 6.20 Å². The summed E-state index contributed by atoms with van der Waals surface area (Å²) in [5.74, 6) is -13.1. The number of nitrogens with one attached hydrogen (secondary N) is 2. The molecule has 2 heterocycles. The smallest absolute Gasteiger partial charge is 0.329 e. The molecule has 0 unspecified atom stereocenters. The Labute approximate surface area is 193 Å². The number of fused-ring (bicyclic) bond motifs is 1. The van der Waals surface area contributed by atoms with Crippen LogP contribution in [0.3, 0.4) is 0 Å². The number of hydrogen-bond acceptors (Lipinski definition) is 3. The van der Waals surface area contributed by atoms with Gasteiger partial charge in [-0.3, -0.25) is 4.79 Å². The molecule has 178 valence electrons. The average Bonchev–Trinajstić information content (AvgIpc) is 3.40. The zero-order valence-electron chi connectivity index (χ0n) is 17.5. The molecule has 2 N–H and O–H groups in total. The topological polar surface area (TPSA) is 74.4 Å². The number of carbonyl (C=O) groups is 2. The van der Waals surface area contributed by atoms with E-state index in [4.69, 9.17) is 4.74 Å². The van der Waals surface area contributed by atoms with Gasteiger partial charge in [-0.05, 0) is 35.9 Å². The Morgan fingerprint density at radius 1 is 0.829 bits per heavy atom. The van der Waals surface area contributed by atoms with Crippen molar-refractivity contribution in [1.82, 2.24) is 10.3 Å². The number of aromatic amines is 1. The number of amides is 3. The summed E-state index contributed by atoms with van der Waals surface area (Å²) in [5.41, 5.74) is 1.85. The lowest BCUT2D eigenvalue weighted by Crippen LogP contribution is -2.32. The Kier molecular flexibility index (Phi) is 5.39. The first-order valence-corrected chi connectivity index (χ1v) is 10.2. The minimum Gasteiger partial charge on any atom is -0.451 e. The van der Waals surface area contributed by atoms with E-state index in [-0.39, 0.29) is 17.9 Å². The van der Waals surface area contributed by atoms with Crippen LogP contribution < -0.4 is 15.0 Å². The number of para-hydroxylation sites is 1. The van der Waals surface area contributed by atoms with Gasteiger partial charge in [-0.1, -0.05) is 18.2 Å². The van der Waals surface area contributed by atoms with Crippen LogP contribution in [0.25, 0.3) is 10.9 Å². The van der Waals surface area contributed by atoms with Crippen molar-refractivity contribution in [1.29, 1.82) is 0 Å². The molecule has 3 amide bonds.